The highest BCUT2D eigenvalue weighted by Crippen LogP contribution is 2.42. The van der Waals surface area contributed by atoms with Crippen molar-refractivity contribution in [3.05, 3.63) is 0 Å². The topological polar surface area (TPSA) is 131 Å². The molecule has 9 nitrogen and oxygen atoms in total. The number of carbonyl (C=O) groups excluding carboxylic acids is 2. The maximum Gasteiger partial charge on any atom is 0.472 e. The first-order valence-electron chi connectivity index (χ1n) is 11.0. The highest BCUT2D eigenvalue weighted by atomic mass is 31.2. The highest BCUT2D eigenvalue weighted by Gasteiger charge is 2.23. The van der Waals surface area contributed by atoms with Crippen molar-refractivity contribution in [2.24, 2.45) is 0 Å². The van der Waals surface area contributed by atoms with Crippen LogP contribution in [0.3, 0.4) is 0 Å². The molecule has 0 aromatic carbocycles. The number of nitrogens with one attached hydrogen (secondary N) is 1. The van der Waals surface area contributed by atoms with Gasteiger partial charge in [0, 0.05) is 19.4 Å². The Hall–Kier alpha value is -0.990. The third kappa shape index (κ3) is 19.0. The van der Waals surface area contributed by atoms with Gasteiger partial charge in [0.15, 0.2) is 0 Å². The van der Waals surface area contributed by atoms with Crippen LogP contribution < -0.4 is 5.32 Å². The number of rotatable bonds is 20. The quantitative estimate of drug-likeness (QED) is 0.145. The summed E-state index contributed by atoms with van der Waals surface area (Å²) in [5.74, 6) is -0.578. The van der Waals surface area contributed by atoms with Gasteiger partial charge < -0.3 is 20.1 Å². The smallest absolute Gasteiger partial charge is 0.463 e. The van der Waals surface area contributed by atoms with Gasteiger partial charge in [0.05, 0.1) is 13.2 Å². The van der Waals surface area contributed by atoms with E-state index in [2.05, 4.69) is 16.8 Å². The molecule has 0 saturated heterocycles. The molecule has 1 amide bonds. The molecule has 0 aromatic rings. The Kier molecular flexibility index (Phi) is 18.1. The number of hydrogen-bond acceptors (Lipinski definition) is 7. The number of aliphatic hydroxyl groups excluding tert-OH is 1. The predicted molar refractivity (Wildman–Crippen MR) is 114 cm³/mol. The second kappa shape index (κ2) is 18.8. The second-order valence-electron chi connectivity index (χ2n) is 7.26. The Balaban J connectivity index is 3.71. The van der Waals surface area contributed by atoms with E-state index in [1.165, 1.54) is 32.1 Å². The molecule has 0 saturated carbocycles. The molecule has 0 aromatic heterocycles. The van der Waals surface area contributed by atoms with E-state index in [4.69, 9.17) is 9.26 Å². The van der Waals surface area contributed by atoms with Crippen LogP contribution in [0.2, 0.25) is 0 Å². The van der Waals surface area contributed by atoms with E-state index < -0.39 is 26.5 Å². The van der Waals surface area contributed by atoms with Crippen molar-refractivity contribution >= 4 is 19.7 Å². The summed E-state index contributed by atoms with van der Waals surface area (Å²) in [6, 6.07) is 0. The number of unbranched alkanes of at least 4 members (excludes halogenated alkanes) is 7. The molecule has 0 aliphatic carbocycles. The van der Waals surface area contributed by atoms with E-state index in [1.807, 2.05) is 6.92 Å². The maximum atomic E-state index is 11.7. The first kappa shape index (κ1) is 29.0. The zero-order chi connectivity index (χ0) is 22.7. The van der Waals surface area contributed by atoms with Gasteiger partial charge in [0.1, 0.15) is 12.7 Å². The zero-order valence-electron chi connectivity index (χ0n) is 18.5. The molecule has 10 heteroatoms. The number of hydrogen-bond donors (Lipinski definition) is 3. The number of ether oxygens (including phenoxy) is 1. The minimum atomic E-state index is -4.36. The molecule has 178 valence electrons. The number of esters is 1. The molecule has 0 fully saturated rings. The SMILES string of the molecule is CCCCCCCCCCC(=O)OCC(O)COP(=O)(O)OCCNC(=O)CCC. The van der Waals surface area contributed by atoms with Gasteiger partial charge in [0.2, 0.25) is 5.91 Å². The molecule has 2 atom stereocenters. The Morgan fingerprint density at radius 2 is 1.53 bits per heavy atom. The van der Waals surface area contributed by atoms with Crippen LogP contribution in [-0.4, -0.2) is 54.3 Å². The normalized spacial score (nSPS) is 14.1. The number of aliphatic hydroxyl groups is 1. The fourth-order valence-corrected chi connectivity index (χ4v) is 3.35. The van der Waals surface area contributed by atoms with Gasteiger partial charge in [-0.15, -0.1) is 0 Å². The van der Waals surface area contributed by atoms with Crippen molar-refractivity contribution < 1.29 is 37.9 Å². The average Bonchev–Trinajstić information content (AvgIpc) is 2.70. The molecule has 2 unspecified atom stereocenters. The van der Waals surface area contributed by atoms with Gasteiger partial charge in [-0.1, -0.05) is 58.8 Å². The van der Waals surface area contributed by atoms with Gasteiger partial charge in [-0.3, -0.25) is 18.6 Å². The summed E-state index contributed by atoms with van der Waals surface area (Å²) in [5, 5.41) is 12.3. The van der Waals surface area contributed by atoms with Crippen LogP contribution in [0.15, 0.2) is 0 Å². The lowest BCUT2D eigenvalue weighted by Crippen LogP contribution is -2.27. The molecule has 30 heavy (non-hydrogen) atoms. The van der Waals surface area contributed by atoms with Crippen LogP contribution in [0.5, 0.6) is 0 Å². The average molecular weight is 454 g/mol. The van der Waals surface area contributed by atoms with Crippen LogP contribution in [0, 0.1) is 0 Å². The summed E-state index contributed by atoms with van der Waals surface area (Å²) < 4.78 is 26.0. The van der Waals surface area contributed by atoms with E-state index in [0.717, 1.165) is 19.3 Å². The van der Waals surface area contributed by atoms with Crippen LogP contribution in [-0.2, 0) is 27.9 Å². The van der Waals surface area contributed by atoms with Crippen molar-refractivity contribution in [1.82, 2.24) is 5.32 Å². The minimum absolute atomic E-state index is 0.0750. The number of phosphoric acid groups is 1. The molecule has 0 bridgehead atoms. The molecule has 0 heterocycles. The van der Waals surface area contributed by atoms with Gasteiger partial charge in [0.25, 0.3) is 0 Å². The van der Waals surface area contributed by atoms with Crippen molar-refractivity contribution in [1.29, 1.82) is 0 Å². The Morgan fingerprint density at radius 3 is 2.17 bits per heavy atom. The first-order valence-corrected chi connectivity index (χ1v) is 12.5. The lowest BCUT2D eigenvalue weighted by molar-refractivity contribution is -0.147. The monoisotopic (exact) mass is 453 g/mol. The molecule has 3 N–H and O–H groups in total. The maximum absolute atomic E-state index is 11.7. The fraction of sp³-hybridized carbons (Fsp3) is 0.900. The van der Waals surface area contributed by atoms with Crippen molar-refractivity contribution in [3.8, 4) is 0 Å². The summed E-state index contributed by atoms with van der Waals surface area (Å²) in [4.78, 5) is 32.4. The number of phosphoric ester groups is 1. The molecular weight excluding hydrogens is 413 g/mol. The van der Waals surface area contributed by atoms with Gasteiger partial charge in [-0.2, -0.15) is 0 Å². The van der Waals surface area contributed by atoms with Crippen LogP contribution in [0.1, 0.15) is 84.5 Å². The third-order valence-electron chi connectivity index (χ3n) is 4.26. The molecule has 0 rings (SSSR count). The first-order chi connectivity index (χ1) is 14.3. The van der Waals surface area contributed by atoms with Gasteiger partial charge >= 0.3 is 13.8 Å². The van der Waals surface area contributed by atoms with E-state index in [-0.39, 0.29) is 32.1 Å². The number of amides is 1. The van der Waals surface area contributed by atoms with Crippen molar-refractivity contribution in [3.63, 3.8) is 0 Å². The van der Waals surface area contributed by atoms with Crippen molar-refractivity contribution in [2.45, 2.75) is 90.6 Å². The van der Waals surface area contributed by atoms with Gasteiger partial charge in [-0.05, 0) is 12.8 Å². The minimum Gasteiger partial charge on any atom is -0.463 e. The Morgan fingerprint density at radius 1 is 0.900 bits per heavy atom. The summed E-state index contributed by atoms with van der Waals surface area (Å²) in [7, 11) is -4.36. The molecule has 0 aliphatic rings. The lowest BCUT2D eigenvalue weighted by atomic mass is 10.1. The van der Waals surface area contributed by atoms with E-state index in [0.29, 0.717) is 12.8 Å². The van der Waals surface area contributed by atoms with Gasteiger partial charge in [-0.25, -0.2) is 4.57 Å². The number of carbonyl (C=O) groups is 2. The molecule has 0 aliphatic heterocycles. The predicted octanol–water partition coefficient (Wildman–Crippen LogP) is 3.47. The van der Waals surface area contributed by atoms with Crippen molar-refractivity contribution in [2.75, 3.05) is 26.4 Å². The molecule has 0 spiro atoms. The second-order valence-corrected chi connectivity index (χ2v) is 8.71. The van der Waals surface area contributed by atoms with E-state index in [9.17, 15) is 24.2 Å². The summed E-state index contributed by atoms with van der Waals surface area (Å²) in [6.45, 7) is 3.09. The summed E-state index contributed by atoms with van der Waals surface area (Å²) in [5.41, 5.74) is 0. The third-order valence-corrected chi connectivity index (χ3v) is 5.24. The standard InChI is InChI=1S/C20H40NO8P/c1-3-5-6-7-8-9-10-11-13-20(24)27-16-18(22)17-29-30(25,26)28-15-14-21-19(23)12-4-2/h18,22H,3-17H2,1-2H3,(H,21,23)(H,25,26). The van der Waals surface area contributed by atoms with Crippen LogP contribution >= 0.6 is 7.82 Å². The largest absolute Gasteiger partial charge is 0.472 e. The molecule has 0 radical (unpaired) electrons. The van der Waals surface area contributed by atoms with Crippen LogP contribution in [0.25, 0.3) is 0 Å². The van der Waals surface area contributed by atoms with E-state index in [1.54, 1.807) is 0 Å². The highest BCUT2D eigenvalue weighted by molar-refractivity contribution is 7.47. The Labute approximate surface area is 180 Å². The summed E-state index contributed by atoms with van der Waals surface area (Å²) in [6.07, 6.45) is 9.11. The Bertz CT molecular complexity index is 503. The van der Waals surface area contributed by atoms with E-state index >= 15 is 0 Å². The zero-order valence-corrected chi connectivity index (χ0v) is 19.4. The lowest BCUT2D eigenvalue weighted by Gasteiger charge is -2.15. The summed E-state index contributed by atoms with van der Waals surface area (Å²) >= 11 is 0. The molecular formula is C20H40NO8P. The van der Waals surface area contributed by atoms with Crippen LogP contribution in [0.4, 0.5) is 0 Å². The fourth-order valence-electron chi connectivity index (χ4n) is 2.60.